The number of carbonyl (C=O) groups is 2. The monoisotopic (exact) mass is 369 g/mol. The van der Waals surface area contributed by atoms with Crippen LogP contribution >= 0.6 is 0 Å². The molecule has 0 aliphatic carbocycles. The van der Waals surface area contributed by atoms with E-state index in [1.807, 2.05) is 43.3 Å². The molecule has 1 saturated heterocycles. The summed E-state index contributed by atoms with van der Waals surface area (Å²) < 4.78 is 11.3. The van der Waals surface area contributed by atoms with Gasteiger partial charge in [0.05, 0.1) is 13.0 Å². The van der Waals surface area contributed by atoms with Crippen LogP contribution in [0.15, 0.2) is 42.5 Å². The Morgan fingerprint density at radius 1 is 1.22 bits per heavy atom. The van der Waals surface area contributed by atoms with Crippen LogP contribution in [-0.4, -0.2) is 35.5 Å². The zero-order valence-corrected chi connectivity index (χ0v) is 15.5. The van der Waals surface area contributed by atoms with Crippen molar-refractivity contribution in [3.05, 3.63) is 59.2 Å². The number of carboxylic acid groups (broad SMARTS) is 1. The third-order valence-electron chi connectivity index (χ3n) is 4.81. The van der Waals surface area contributed by atoms with E-state index in [0.717, 1.165) is 16.7 Å². The van der Waals surface area contributed by atoms with Gasteiger partial charge in [-0.25, -0.2) is 0 Å². The van der Waals surface area contributed by atoms with Crippen molar-refractivity contribution in [3.63, 3.8) is 0 Å². The Labute approximate surface area is 158 Å². The number of benzene rings is 2. The molecule has 2 aromatic rings. The molecule has 27 heavy (non-hydrogen) atoms. The molecule has 1 amide bonds. The number of carboxylic acids is 1. The van der Waals surface area contributed by atoms with Crippen molar-refractivity contribution in [2.75, 3.05) is 13.7 Å². The third kappa shape index (κ3) is 4.39. The maximum Gasteiger partial charge on any atom is 0.308 e. The van der Waals surface area contributed by atoms with Gasteiger partial charge in [0.2, 0.25) is 5.91 Å². The number of likely N-dealkylation sites (tertiary alicyclic amines) is 1. The fraction of sp³-hybridized carbons (Fsp3) is 0.333. The molecule has 142 valence electrons. The molecule has 1 N–H and O–H groups in total. The number of hydrogen-bond donors (Lipinski definition) is 1. The molecule has 1 aliphatic rings. The molecule has 1 heterocycles. The first-order valence-corrected chi connectivity index (χ1v) is 8.82. The number of nitrogens with zero attached hydrogens (tertiary/aromatic N) is 1. The Balaban J connectivity index is 1.72. The average Bonchev–Trinajstić information content (AvgIpc) is 3.02. The highest BCUT2D eigenvalue weighted by atomic mass is 16.5. The second-order valence-electron chi connectivity index (χ2n) is 6.71. The lowest BCUT2D eigenvalue weighted by Crippen LogP contribution is -2.25. The number of carbonyl (C=O) groups excluding carboxylic acids is 1. The van der Waals surface area contributed by atoms with Crippen LogP contribution in [0.3, 0.4) is 0 Å². The molecular weight excluding hydrogens is 346 g/mol. The molecule has 6 nitrogen and oxygen atoms in total. The largest absolute Gasteiger partial charge is 0.493 e. The van der Waals surface area contributed by atoms with Gasteiger partial charge in [-0.1, -0.05) is 30.3 Å². The number of rotatable bonds is 7. The maximum absolute atomic E-state index is 12.1. The molecule has 0 saturated carbocycles. The molecule has 3 rings (SSSR count). The molecule has 1 atom stereocenters. The van der Waals surface area contributed by atoms with E-state index in [4.69, 9.17) is 14.6 Å². The van der Waals surface area contributed by atoms with Gasteiger partial charge in [-0.05, 0) is 35.7 Å². The van der Waals surface area contributed by atoms with Crippen molar-refractivity contribution in [1.82, 2.24) is 4.90 Å². The summed E-state index contributed by atoms with van der Waals surface area (Å²) in [4.78, 5) is 24.7. The number of ether oxygens (including phenoxy) is 2. The minimum atomic E-state index is -0.928. The van der Waals surface area contributed by atoms with Crippen LogP contribution in [0, 0.1) is 12.8 Å². The van der Waals surface area contributed by atoms with Crippen molar-refractivity contribution < 1.29 is 24.2 Å². The quantitative estimate of drug-likeness (QED) is 0.812. The highest BCUT2D eigenvalue weighted by molar-refractivity contribution is 5.86. The van der Waals surface area contributed by atoms with Gasteiger partial charge >= 0.3 is 5.97 Å². The first-order valence-electron chi connectivity index (χ1n) is 8.82. The third-order valence-corrected chi connectivity index (χ3v) is 4.81. The van der Waals surface area contributed by atoms with Crippen LogP contribution in [-0.2, 0) is 22.7 Å². The fourth-order valence-electron chi connectivity index (χ4n) is 3.17. The molecule has 0 aromatic heterocycles. The van der Waals surface area contributed by atoms with Crippen LogP contribution in [0.2, 0.25) is 0 Å². The summed E-state index contributed by atoms with van der Waals surface area (Å²) in [6.07, 6.45) is 0.0577. The van der Waals surface area contributed by atoms with E-state index in [1.165, 1.54) is 0 Å². The highest BCUT2D eigenvalue weighted by Gasteiger charge is 2.34. The molecule has 2 aromatic carbocycles. The molecule has 6 heteroatoms. The second kappa shape index (κ2) is 8.12. The van der Waals surface area contributed by atoms with E-state index in [0.29, 0.717) is 24.7 Å². The van der Waals surface area contributed by atoms with Gasteiger partial charge in [-0.15, -0.1) is 0 Å². The highest BCUT2D eigenvalue weighted by Crippen LogP contribution is 2.30. The molecule has 0 bridgehead atoms. The van der Waals surface area contributed by atoms with Crippen LogP contribution < -0.4 is 9.47 Å². The fourth-order valence-corrected chi connectivity index (χ4v) is 3.17. The summed E-state index contributed by atoms with van der Waals surface area (Å²) in [5.74, 6) is -0.487. The van der Waals surface area contributed by atoms with E-state index in [1.54, 1.807) is 18.1 Å². The maximum atomic E-state index is 12.1. The Kier molecular flexibility index (Phi) is 5.64. The lowest BCUT2D eigenvalue weighted by atomic mass is 10.1. The Hall–Kier alpha value is -3.02. The molecule has 1 unspecified atom stereocenters. The zero-order chi connectivity index (χ0) is 19.4. The summed E-state index contributed by atoms with van der Waals surface area (Å²) in [6, 6.07) is 13.5. The predicted octanol–water partition coefficient (Wildman–Crippen LogP) is 3.02. The Morgan fingerprint density at radius 2 is 2.00 bits per heavy atom. The van der Waals surface area contributed by atoms with E-state index in [9.17, 15) is 9.59 Å². The first-order chi connectivity index (χ1) is 13.0. The van der Waals surface area contributed by atoms with Crippen LogP contribution in [0.4, 0.5) is 0 Å². The molecule has 0 spiro atoms. The SMILES string of the molecule is COc1ccc(CN2CC(C(=O)O)CC2=O)cc1OCc1ccccc1C. The van der Waals surface area contributed by atoms with E-state index < -0.39 is 11.9 Å². The predicted molar refractivity (Wildman–Crippen MR) is 99.7 cm³/mol. The number of amides is 1. The Morgan fingerprint density at radius 3 is 2.67 bits per heavy atom. The number of aryl methyl sites for hydroxylation is 1. The number of aliphatic carboxylic acids is 1. The summed E-state index contributed by atoms with van der Waals surface area (Å²) in [7, 11) is 1.58. The first kappa shape index (κ1) is 18.8. The Bertz CT molecular complexity index is 848. The second-order valence-corrected chi connectivity index (χ2v) is 6.71. The summed E-state index contributed by atoms with van der Waals surface area (Å²) in [6.45, 7) is 3.04. The van der Waals surface area contributed by atoms with Gasteiger partial charge < -0.3 is 19.5 Å². The topological polar surface area (TPSA) is 76.1 Å². The van der Waals surface area contributed by atoms with E-state index >= 15 is 0 Å². The van der Waals surface area contributed by atoms with Gasteiger partial charge in [0, 0.05) is 19.5 Å². The molecular formula is C21H23NO5. The van der Waals surface area contributed by atoms with E-state index in [2.05, 4.69) is 0 Å². The molecule has 1 fully saturated rings. The smallest absolute Gasteiger partial charge is 0.308 e. The average molecular weight is 369 g/mol. The summed E-state index contributed by atoms with van der Waals surface area (Å²) in [5.41, 5.74) is 3.11. The van der Waals surface area contributed by atoms with Crippen LogP contribution in [0.25, 0.3) is 0 Å². The van der Waals surface area contributed by atoms with Gasteiger partial charge in [0.15, 0.2) is 11.5 Å². The molecule has 1 aliphatic heterocycles. The van der Waals surface area contributed by atoms with Crippen molar-refractivity contribution in [2.45, 2.75) is 26.5 Å². The van der Waals surface area contributed by atoms with Gasteiger partial charge in [0.1, 0.15) is 6.61 Å². The van der Waals surface area contributed by atoms with Gasteiger partial charge in [0.25, 0.3) is 0 Å². The summed E-state index contributed by atoms with van der Waals surface area (Å²) in [5, 5.41) is 9.11. The van der Waals surface area contributed by atoms with Crippen molar-refractivity contribution >= 4 is 11.9 Å². The molecule has 0 radical (unpaired) electrons. The zero-order valence-electron chi connectivity index (χ0n) is 15.5. The van der Waals surface area contributed by atoms with Crippen molar-refractivity contribution in [2.24, 2.45) is 5.92 Å². The van der Waals surface area contributed by atoms with Crippen LogP contribution in [0.1, 0.15) is 23.1 Å². The minimum absolute atomic E-state index is 0.0577. The van der Waals surface area contributed by atoms with Crippen molar-refractivity contribution in [1.29, 1.82) is 0 Å². The number of methoxy groups -OCH3 is 1. The number of hydrogen-bond acceptors (Lipinski definition) is 4. The minimum Gasteiger partial charge on any atom is -0.493 e. The lowest BCUT2D eigenvalue weighted by Gasteiger charge is -2.18. The van der Waals surface area contributed by atoms with Crippen molar-refractivity contribution in [3.8, 4) is 11.5 Å². The summed E-state index contributed by atoms with van der Waals surface area (Å²) >= 11 is 0. The standard InChI is InChI=1S/C21H23NO5/c1-14-5-3-4-6-16(14)13-27-19-9-15(7-8-18(19)26-2)11-22-12-17(21(24)25)10-20(22)23/h3-9,17H,10-13H2,1-2H3,(H,24,25). The van der Waals surface area contributed by atoms with E-state index in [-0.39, 0.29) is 18.9 Å². The normalized spacial score (nSPS) is 16.4. The van der Waals surface area contributed by atoms with Crippen LogP contribution in [0.5, 0.6) is 11.5 Å². The lowest BCUT2D eigenvalue weighted by molar-refractivity contribution is -0.141. The van der Waals surface area contributed by atoms with Gasteiger partial charge in [-0.3, -0.25) is 9.59 Å². The van der Waals surface area contributed by atoms with Gasteiger partial charge in [-0.2, -0.15) is 0 Å².